The standard InChI is InChI=1S/C21H19N3O4/c1-22-17-15(20(25)23(2)21(22)26)16(13-7-4-3-5-8-13)24-10-12-28-19(18(17)24)14-9-6-11-27-14/h3-9,11,19H,10,12H2,1-2H3/t19-/m1/s1. The molecule has 4 aromatic rings. The summed E-state index contributed by atoms with van der Waals surface area (Å²) in [5, 5.41) is 0.521. The topological polar surface area (TPSA) is 71.3 Å². The van der Waals surface area contributed by atoms with E-state index in [1.165, 1.54) is 11.6 Å². The third-order valence-electron chi connectivity index (χ3n) is 5.40. The van der Waals surface area contributed by atoms with Gasteiger partial charge in [-0.05, 0) is 17.7 Å². The maximum Gasteiger partial charge on any atom is 0.331 e. The molecule has 0 unspecified atom stereocenters. The lowest BCUT2D eigenvalue weighted by molar-refractivity contribution is 0.0347. The van der Waals surface area contributed by atoms with Crippen molar-refractivity contribution in [1.82, 2.24) is 13.7 Å². The molecule has 0 aliphatic carbocycles. The minimum atomic E-state index is -0.485. The molecule has 1 aliphatic heterocycles. The number of aryl methyl sites for hydroxylation is 1. The van der Waals surface area contributed by atoms with Crippen LogP contribution in [0.1, 0.15) is 17.6 Å². The quantitative estimate of drug-likeness (QED) is 0.538. The maximum absolute atomic E-state index is 13.2. The van der Waals surface area contributed by atoms with Crippen LogP contribution in [-0.4, -0.2) is 20.3 Å². The van der Waals surface area contributed by atoms with E-state index in [-0.39, 0.29) is 11.2 Å². The van der Waals surface area contributed by atoms with Crippen LogP contribution in [0.2, 0.25) is 0 Å². The molecule has 0 amide bonds. The van der Waals surface area contributed by atoms with Crippen LogP contribution in [0.15, 0.2) is 62.7 Å². The van der Waals surface area contributed by atoms with Gasteiger partial charge >= 0.3 is 5.69 Å². The number of ether oxygens (including phenoxy) is 1. The molecule has 0 spiro atoms. The van der Waals surface area contributed by atoms with E-state index >= 15 is 0 Å². The molecule has 142 valence electrons. The number of hydrogen-bond acceptors (Lipinski definition) is 4. The summed E-state index contributed by atoms with van der Waals surface area (Å²) in [6.45, 7) is 1.07. The number of nitrogens with zero attached hydrogens (tertiary/aromatic N) is 3. The summed E-state index contributed by atoms with van der Waals surface area (Å²) in [7, 11) is 3.20. The Bertz CT molecular complexity index is 1290. The summed E-state index contributed by atoms with van der Waals surface area (Å²) in [5.74, 6) is 0.646. The molecule has 0 saturated carbocycles. The van der Waals surface area contributed by atoms with Crippen molar-refractivity contribution in [2.24, 2.45) is 14.1 Å². The molecule has 28 heavy (non-hydrogen) atoms. The molecule has 0 N–H and O–H groups in total. The second-order valence-corrected chi connectivity index (χ2v) is 6.95. The summed E-state index contributed by atoms with van der Waals surface area (Å²) in [5.41, 5.74) is 2.42. The Labute approximate surface area is 160 Å². The van der Waals surface area contributed by atoms with Crippen molar-refractivity contribution in [3.8, 4) is 11.3 Å². The Kier molecular flexibility index (Phi) is 3.67. The molecule has 0 fully saturated rings. The second-order valence-electron chi connectivity index (χ2n) is 6.95. The van der Waals surface area contributed by atoms with Gasteiger partial charge in [0.2, 0.25) is 0 Å². The molecule has 4 heterocycles. The summed E-state index contributed by atoms with van der Waals surface area (Å²) in [6, 6.07) is 13.4. The van der Waals surface area contributed by atoms with Gasteiger partial charge in [-0.3, -0.25) is 13.9 Å². The monoisotopic (exact) mass is 377 g/mol. The molecule has 0 radical (unpaired) electrons. The Morgan fingerprint density at radius 2 is 1.79 bits per heavy atom. The molecule has 0 saturated heterocycles. The predicted molar refractivity (Wildman–Crippen MR) is 104 cm³/mol. The van der Waals surface area contributed by atoms with Gasteiger partial charge < -0.3 is 13.7 Å². The lowest BCUT2D eigenvalue weighted by atomic mass is 10.1. The van der Waals surface area contributed by atoms with Gasteiger partial charge in [0.1, 0.15) is 5.76 Å². The third-order valence-corrected chi connectivity index (χ3v) is 5.40. The minimum Gasteiger partial charge on any atom is -0.466 e. The van der Waals surface area contributed by atoms with Gasteiger partial charge in [-0.2, -0.15) is 0 Å². The number of benzene rings is 1. The van der Waals surface area contributed by atoms with Crippen LogP contribution in [0.4, 0.5) is 0 Å². The summed E-state index contributed by atoms with van der Waals surface area (Å²) >= 11 is 0. The zero-order valence-electron chi connectivity index (χ0n) is 15.6. The van der Waals surface area contributed by atoms with Crippen LogP contribution >= 0.6 is 0 Å². The number of rotatable bonds is 2. The van der Waals surface area contributed by atoms with Gasteiger partial charge in [-0.25, -0.2) is 4.79 Å². The first-order chi connectivity index (χ1) is 13.6. The smallest absolute Gasteiger partial charge is 0.331 e. The van der Waals surface area contributed by atoms with E-state index in [1.54, 1.807) is 19.4 Å². The van der Waals surface area contributed by atoms with E-state index in [0.29, 0.717) is 29.8 Å². The van der Waals surface area contributed by atoms with Gasteiger partial charge in [-0.15, -0.1) is 0 Å². The van der Waals surface area contributed by atoms with Gasteiger partial charge in [0, 0.05) is 20.6 Å². The summed E-state index contributed by atoms with van der Waals surface area (Å²) in [6.07, 6.45) is 1.11. The molecule has 7 nitrogen and oxygen atoms in total. The van der Waals surface area contributed by atoms with Crippen LogP contribution in [-0.2, 0) is 25.4 Å². The van der Waals surface area contributed by atoms with Crippen molar-refractivity contribution < 1.29 is 9.15 Å². The lowest BCUT2D eigenvalue weighted by Gasteiger charge is -2.26. The van der Waals surface area contributed by atoms with E-state index in [4.69, 9.17) is 9.15 Å². The Hall–Kier alpha value is -3.32. The normalized spacial score (nSPS) is 16.4. The van der Waals surface area contributed by atoms with Crippen LogP contribution in [0.5, 0.6) is 0 Å². The van der Waals surface area contributed by atoms with Crippen molar-refractivity contribution in [2.75, 3.05) is 6.61 Å². The van der Waals surface area contributed by atoms with E-state index in [9.17, 15) is 9.59 Å². The van der Waals surface area contributed by atoms with Crippen LogP contribution in [0, 0.1) is 0 Å². The zero-order valence-corrected chi connectivity index (χ0v) is 15.6. The number of furan rings is 1. The summed E-state index contributed by atoms with van der Waals surface area (Å²) < 4.78 is 16.4. The fraction of sp³-hybridized carbons (Fsp3) is 0.238. The van der Waals surface area contributed by atoms with Crippen molar-refractivity contribution >= 4 is 10.9 Å². The predicted octanol–water partition coefficient (Wildman–Crippen LogP) is 2.42. The molecular weight excluding hydrogens is 358 g/mol. The molecule has 3 aromatic heterocycles. The van der Waals surface area contributed by atoms with E-state index in [2.05, 4.69) is 4.57 Å². The van der Waals surface area contributed by atoms with Crippen molar-refractivity contribution in [1.29, 1.82) is 0 Å². The van der Waals surface area contributed by atoms with E-state index < -0.39 is 6.10 Å². The second kappa shape index (κ2) is 6.10. The van der Waals surface area contributed by atoms with Gasteiger partial charge in [0.15, 0.2) is 6.10 Å². The molecule has 1 aliphatic rings. The molecule has 0 bridgehead atoms. The molecule has 7 heteroatoms. The summed E-state index contributed by atoms with van der Waals surface area (Å²) in [4.78, 5) is 25.9. The highest BCUT2D eigenvalue weighted by molar-refractivity contribution is 5.96. The van der Waals surface area contributed by atoms with Crippen molar-refractivity contribution in [3.05, 3.63) is 81.0 Å². The highest BCUT2D eigenvalue weighted by Gasteiger charge is 2.34. The van der Waals surface area contributed by atoms with E-state index in [1.807, 2.05) is 36.4 Å². The van der Waals surface area contributed by atoms with Crippen molar-refractivity contribution in [3.63, 3.8) is 0 Å². The van der Waals surface area contributed by atoms with Gasteiger partial charge in [0.05, 0.1) is 35.2 Å². The van der Waals surface area contributed by atoms with Gasteiger partial charge in [0.25, 0.3) is 5.56 Å². The lowest BCUT2D eigenvalue weighted by Crippen LogP contribution is -2.37. The first kappa shape index (κ1) is 16.8. The molecule has 1 aromatic carbocycles. The fourth-order valence-electron chi connectivity index (χ4n) is 4.13. The van der Waals surface area contributed by atoms with Crippen LogP contribution < -0.4 is 11.2 Å². The molecule has 5 rings (SSSR count). The first-order valence-corrected chi connectivity index (χ1v) is 9.12. The molecular formula is C21H19N3O4. The zero-order chi connectivity index (χ0) is 19.4. The highest BCUT2D eigenvalue weighted by atomic mass is 16.5. The largest absolute Gasteiger partial charge is 0.466 e. The van der Waals surface area contributed by atoms with Crippen LogP contribution in [0.3, 0.4) is 0 Å². The fourth-order valence-corrected chi connectivity index (χ4v) is 4.13. The highest BCUT2D eigenvalue weighted by Crippen LogP contribution is 2.40. The molecule has 1 atom stereocenters. The Morgan fingerprint density at radius 1 is 1.00 bits per heavy atom. The van der Waals surface area contributed by atoms with Gasteiger partial charge in [-0.1, -0.05) is 30.3 Å². The number of fused-ring (bicyclic) bond motifs is 3. The first-order valence-electron chi connectivity index (χ1n) is 9.12. The number of hydrogen-bond donors (Lipinski definition) is 0. The number of aromatic nitrogens is 3. The third kappa shape index (κ3) is 2.20. The Balaban J connectivity index is 1.99. The average Bonchev–Trinajstić information content (AvgIpc) is 3.37. The van der Waals surface area contributed by atoms with Crippen molar-refractivity contribution in [2.45, 2.75) is 12.6 Å². The minimum absolute atomic E-state index is 0.308. The average molecular weight is 377 g/mol. The Morgan fingerprint density at radius 3 is 2.50 bits per heavy atom. The maximum atomic E-state index is 13.2. The SMILES string of the molecule is Cn1c(=O)c2c(-c3ccccc3)n3c(c2n(C)c1=O)[C@@H](c1ccco1)OCC3. The van der Waals surface area contributed by atoms with E-state index in [0.717, 1.165) is 21.5 Å². The van der Waals surface area contributed by atoms with Crippen LogP contribution in [0.25, 0.3) is 22.2 Å².